The zero-order valence-electron chi connectivity index (χ0n) is 10.9. The summed E-state index contributed by atoms with van der Waals surface area (Å²) in [6.07, 6.45) is 1.81. The van der Waals surface area contributed by atoms with Crippen LogP contribution in [-0.2, 0) is 13.6 Å². The van der Waals surface area contributed by atoms with E-state index in [2.05, 4.69) is 47.9 Å². The molecule has 1 aromatic carbocycles. The van der Waals surface area contributed by atoms with Crippen molar-refractivity contribution in [3.63, 3.8) is 0 Å². The monoisotopic (exact) mass is 229 g/mol. The van der Waals surface area contributed by atoms with Gasteiger partial charge in [-0.25, -0.2) is 0 Å². The first-order valence-corrected chi connectivity index (χ1v) is 5.86. The van der Waals surface area contributed by atoms with Crippen molar-refractivity contribution >= 4 is 17.1 Å². The molecule has 0 bridgehead atoms. The van der Waals surface area contributed by atoms with E-state index in [1.54, 1.807) is 0 Å². The normalized spacial score (nSPS) is 11.5. The minimum Gasteiger partial charge on any atom is -0.348 e. The van der Waals surface area contributed by atoms with Crippen LogP contribution in [0.15, 0.2) is 29.4 Å². The SMILES string of the molecule is CC=NN(C)Cc1ccc2c(c1)cc(C)n2C. The Hall–Kier alpha value is -1.77. The summed E-state index contributed by atoms with van der Waals surface area (Å²) >= 11 is 0. The molecule has 0 saturated heterocycles. The third-order valence-corrected chi connectivity index (χ3v) is 3.07. The first-order valence-electron chi connectivity index (χ1n) is 5.86. The van der Waals surface area contributed by atoms with Gasteiger partial charge >= 0.3 is 0 Å². The van der Waals surface area contributed by atoms with Crippen molar-refractivity contribution < 1.29 is 0 Å². The molecule has 0 amide bonds. The number of aryl methyl sites for hydroxylation is 2. The lowest BCUT2D eigenvalue weighted by Gasteiger charge is -2.12. The number of fused-ring (bicyclic) bond motifs is 1. The Morgan fingerprint density at radius 2 is 2.12 bits per heavy atom. The Balaban J connectivity index is 2.32. The predicted octanol–water partition coefficient (Wildman–Crippen LogP) is 2.92. The van der Waals surface area contributed by atoms with E-state index in [4.69, 9.17) is 0 Å². The second-order valence-corrected chi connectivity index (χ2v) is 4.43. The van der Waals surface area contributed by atoms with Crippen molar-refractivity contribution in [3.8, 4) is 0 Å². The van der Waals surface area contributed by atoms with E-state index in [0.29, 0.717) is 0 Å². The zero-order chi connectivity index (χ0) is 12.4. The molecule has 3 nitrogen and oxygen atoms in total. The molecule has 17 heavy (non-hydrogen) atoms. The smallest absolute Gasteiger partial charge is 0.0607 e. The van der Waals surface area contributed by atoms with Crippen LogP contribution in [0.4, 0.5) is 0 Å². The van der Waals surface area contributed by atoms with Crippen molar-refractivity contribution in [2.45, 2.75) is 20.4 Å². The van der Waals surface area contributed by atoms with Crippen LogP contribution in [0.3, 0.4) is 0 Å². The largest absolute Gasteiger partial charge is 0.348 e. The maximum atomic E-state index is 4.23. The van der Waals surface area contributed by atoms with Gasteiger partial charge in [0.2, 0.25) is 0 Å². The van der Waals surface area contributed by atoms with Gasteiger partial charge in [-0.2, -0.15) is 5.10 Å². The van der Waals surface area contributed by atoms with E-state index in [1.165, 1.54) is 22.2 Å². The first-order chi connectivity index (χ1) is 8.11. The second-order valence-electron chi connectivity index (χ2n) is 4.43. The lowest BCUT2D eigenvalue weighted by atomic mass is 10.1. The molecule has 0 aliphatic carbocycles. The summed E-state index contributed by atoms with van der Waals surface area (Å²) in [4.78, 5) is 0. The minimum atomic E-state index is 0.841. The standard InChI is InChI=1S/C14H19N3/c1-5-15-16(3)10-12-6-7-14-13(9-12)8-11(2)17(14)4/h5-9H,10H2,1-4H3. The molecule has 0 spiro atoms. The van der Waals surface area contributed by atoms with Crippen molar-refractivity contribution in [1.29, 1.82) is 0 Å². The van der Waals surface area contributed by atoms with E-state index in [9.17, 15) is 0 Å². The van der Waals surface area contributed by atoms with Gasteiger partial charge < -0.3 is 4.57 Å². The highest BCUT2D eigenvalue weighted by molar-refractivity contribution is 5.81. The summed E-state index contributed by atoms with van der Waals surface area (Å²) in [5.74, 6) is 0. The van der Waals surface area contributed by atoms with Gasteiger partial charge in [-0.15, -0.1) is 0 Å². The second kappa shape index (κ2) is 4.62. The summed E-state index contributed by atoms with van der Waals surface area (Å²) in [5, 5.41) is 7.47. The van der Waals surface area contributed by atoms with Crippen LogP contribution in [0.5, 0.6) is 0 Å². The van der Waals surface area contributed by atoms with Gasteiger partial charge in [-0.05, 0) is 37.6 Å². The molecule has 0 saturated carbocycles. The number of rotatable bonds is 3. The molecular weight excluding hydrogens is 210 g/mol. The fourth-order valence-corrected chi connectivity index (χ4v) is 2.14. The fraction of sp³-hybridized carbons (Fsp3) is 0.357. The maximum Gasteiger partial charge on any atom is 0.0607 e. The number of hydrogen-bond donors (Lipinski definition) is 0. The highest BCUT2D eigenvalue weighted by Gasteiger charge is 2.04. The van der Waals surface area contributed by atoms with Gasteiger partial charge in [0.1, 0.15) is 0 Å². The third-order valence-electron chi connectivity index (χ3n) is 3.07. The van der Waals surface area contributed by atoms with Gasteiger partial charge in [-0.3, -0.25) is 5.01 Å². The molecule has 0 atom stereocenters. The summed E-state index contributed by atoms with van der Waals surface area (Å²) in [6.45, 7) is 4.90. The predicted molar refractivity (Wildman–Crippen MR) is 73.3 cm³/mol. The molecule has 0 radical (unpaired) electrons. The van der Waals surface area contributed by atoms with Crippen molar-refractivity contribution in [3.05, 3.63) is 35.5 Å². The van der Waals surface area contributed by atoms with E-state index in [0.717, 1.165) is 6.54 Å². The third kappa shape index (κ3) is 2.33. The Kier molecular flexibility index (Phi) is 3.18. The van der Waals surface area contributed by atoms with Gasteiger partial charge in [-0.1, -0.05) is 6.07 Å². The Morgan fingerprint density at radius 3 is 2.82 bits per heavy atom. The molecule has 0 N–H and O–H groups in total. The van der Waals surface area contributed by atoms with Crippen molar-refractivity contribution in [2.24, 2.45) is 12.1 Å². The Morgan fingerprint density at radius 1 is 1.35 bits per heavy atom. The molecule has 90 valence electrons. The number of aromatic nitrogens is 1. The summed E-state index contributed by atoms with van der Waals surface area (Å²) in [7, 11) is 4.09. The lowest BCUT2D eigenvalue weighted by molar-refractivity contribution is 0.349. The summed E-state index contributed by atoms with van der Waals surface area (Å²) in [5.41, 5.74) is 3.86. The number of benzene rings is 1. The Bertz CT molecular complexity index is 552. The van der Waals surface area contributed by atoms with Crippen LogP contribution in [0.1, 0.15) is 18.2 Å². The van der Waals surface area contributed by atoms with Crippen LogP contribution >= 0.6 is 0 Å². The minimum absolute atomic E-state index is 0.841. The van der Waals surface area contributed by atoms with E-state index in [1.807, 2.05) is 25.2 Å². The highest BCUT2D eigenvalue weighted by Crippen LogP contribution is 2.20. The van der Waals surface area contributed by atoms with E-state index >= 15 is 0 Å². The van der Waals surface area contributed by atoms with E-state index in [-0.39, 0.29) is 0 Å². The highest BCUT2D eigenvalue weighted by atomic mass is 15.4. The quantitative estimate of drug-likeness (QED) is 0.585. The van der Waals surface area contributed by atoms with Crippen LogP contribution in [0.25, 0.3) is 10.9 Å². The Labute approximate surface area is 102 Å². The fourth-order valence-electron chi connectivity index (χ4n) is 2.14. The van der Waals surface area contributed by atoms with Crippen LogP contribution in [0, 0.1) is 6.92 Å². The van der Waals surface area contributed by atoms with Gasteiger partial charge in [0.15, 0.2) is 0 Å². The van der Waals surface area contributed by atoms with E-state index < -0.39 is 0 Å². The lowest BCUT2D eigenvalue weighted by Crippen LogP contribution is -2.10. The molecule has 0 aliphatic heterocycles. The van der Waals surface area contributed by atoms with Crippen LogP contribution < -0.4 is 0 Å². The van der Waals surface area contributed by atoms with Crippen LogP contribution in [0.2, 0.25) is 0 Å². The molecule has 0 aliphatic rings. The molecule has 1 heterocycles. The van der Waals surface area contributed by atoms with Gasteiger partial charge in [0, 0.05) is 36.9 Å². The molecule has 0 unspecified atom stereocenters. The average molecular weight is 229 g/mol. The van der Waals surface area contributed by atoms with Gasteiger partial charge in [0.05, 0.1) is 6.54 Å². The zero-order valence-corrected chi connectivity index (χ0v) is 10.9. The molecule has 0 fully saturated rings. The molecule has 1 aromatic heterocycles. The average Bonchev–Trinajstić information content (AvgIpc) is 2.55. The molecule has 2 rings (SSSR count). The topological polar surface area (TPSA) is 20.5 Å². The van der Waals surface area contributed by atoms with Crippen molar-refractivity contribution in [1.82, 2.24) is 9.58 Å². The molecular formula is C14H19N3. The summed E-state index contributed by atoms with van der Waals surface area (Å²) in [6, 6.07) is 8.82. The molecule has 2 aromatic rings. The maximum absolute atomic E-state index is 4.23. The number of hydrazone groups is 1. The van der Waals surface area contributed by atoms with Crippen molar-refractivity contribution in [2.75, 3.05) is 7.05 Å². The molecule has 3 heteroatoms. The number of hydrogen-bond acceptors (Lipinski definition) is 2. The summed E-state index contributed by atoms with van der Waals surface area (Å²) < 4.78 is 2.22. The van der Waals surface area contributed by atoms with Gasteiger partial charge in [0.25, 0.3) is 0 Å². The van der Waals surface area contributed by atoms with Crippen LogP contribution in [-0.4, -0.2) is 22.8 Å². The first kappa shape index (κ1) is 11.7. The number of nitrogens with zero attached hydrogens (tertiary/aromatic N) is 3.